The number of nitrogens with zero attached hydrogens (tertiary/aromatic N) is 2. The molecule has 2 aliphatic rings. The third kappa shape index (κ3) is 3.14. The Balaban J connectivity index is 1.73. The molecule has 1 aromatic rings. The Bertz CT molecular complexity index is 629. The predicted molar refractivity (Wildman–Crippen MR) is 82.3 cm³/mol. The number of hydrogen-bond donors (Lipinski definition) is 0. The first kappa shape index (κ1) is 15.7. The van der Waals surface area contributed by atoms with Gasteiger partial charge in [-0.3, -0.25) is 4.79 Å². The summed E-state index contributed by atoms with van der Waals surface area (Å²) in [5, 5.41) is 0.328. The van der Waals surface area contributed by atoms with Crippen molar-refractivity contribution in [3.63, 3.8) is 0 Å². The van der Waals surface area contributed by atoms with Gasteiger partial charge in [0.05, 0.1) is 17.7 Å². The average molecular weight is 341 g/mol. The largest absolute Gasteiger partial charge is 0.486 e. The van der Waals surface area contributed by atoms with Crippen LogP contribution in [0.15, 0.2) is 12.1 Å². The monoisotopic (exact) mass is 340 g/mol. The zero-order chi connectivity index (χ0) is 16.4. The first-order chi connectivity index (χ1) is 11.1. The molecule has 0 atom stereocenters. The van der Waals surface area contributed by atoms with Gasteiger partial charge < -0.3 is 24.0 Å². The van der Waals surface area contributed by atoms with Gasteiger partial charge in [0.25, 0.3) is 5.91 Å². The highest BCUT2D eigenvalue weighted by atomic mass is 35.5. The van der Waals surface area contributed by atoms with Crippen LogP contribution in [0.2, 0.25) is 5.02 Å². The lowest BCUT2D eigenvalue weighted by Gasteiger charge is -2.34. The second-order valence-electron chi connectivity index (χ2n) is 5.22. The van der Waals surface area contributed by atoms with Crippen LogP contribution in [0.5, 0.6) is 11.5 Å². The van der Waals surface area contributed by atoms with Crippen molar-refractivity contribution >= 4 is 23.6 Å². The van der Waals surface area contributed by atoms with E-state index >= 15 is 0 Å². The molecule has 0 spiro atoms. The molecule has 3 rings (SSSR count). The van der Waals surface area contributed by atoms with E-state index < -0.39 is 0 Å². The quantitative estimate of drug-likeness (QED) is 0.777. The van der Waals surface area contributed by atoms with Crippen LogP contribution in [0, 0.1) is 0 Å². The zero-order valence-corrected chi connectivity index (χ0v) is 13.5. The summed E-state index contributed by atoms with van der Waals surface area (Å²) in [5.41, 5.74) is 0.377. The zero-order valence-electron chi connectivity index (χ0n) is 12.7. The Morgan fingerprint density at radius 1 is 1.04 bits per heavy atom. The molecule has 1 fully saturated rings. The second kappa shape index (κ2) is 6.54. The fourth-order valence-electron chi connectivity index (χ4n) is 2.62. The predicted octanol–water partition coefficient (Wildman–Crippen LogP) is 1.64. The number of methoxy groups -OCH3 is 1. The first-order valence-corrected chi connectivity index (χ1v) is 7.69. The van der Waals surface area contributed by atoms with Crippen molar-refractivity contribution in [3.8, 4) is 11.5 Å². The molecule has 0 unspecified atom stereocenters. The number of carbonyl (C=O) groups excluding carboxylic acids is 2. The Morgan fingerprint density at radius 3 is 2.22 bits per heavy atom. The van der Waals surface area contributed by atoms with Gasteiger partial charge in [-0.15, -0.1) is 0 Å². The van der Waals surface area contributed by atoms with Crippen molar-refractivity contribution in [3.05, 3.63) is 22.7 Å². The molecule has 0 bridgehead atoms. The maximum Gasteiger partial charge on any atom is 0.409 e. The number of carbonyl (C=O) groups is 2. The molecule has 124 valence electrons. The number of ether oxygens (including phenoxy) is 3. The normalized spacial score (nSPS) is 17.0. The van der Waals surface area contributed by atoms with Crippen molar-refractivity contribution in [1.82, 2.24) is 9.80 Å². The summed E-state index contributed by atoms with van der Waals surface area (Å²) in [4.78, 5) is 27.4. The van der Waals surface area contributed by atoms with E-state index in [0.717, 1.165) is 0 Å². The SMILES string of the molecule is COC(=O)N1CCN(C(=O)c2cc3c(cc2Cl)OCCO3)CC1. The highest BCUT2D eigenvalue weighted by Gasteiger charge is 2.27. The third-order valence-corrected chi connectivity index (χ3v) is 4.17. The lowest BCUT2D eigenvalue weighted by Crippen LogP contribution is -2.50. The van der Waals surface area contributed by atoms with Crippen LogP contribution in [0.3, 0.4) is 0 Å². The molecule has 8 heteroatoms. The smallest absolute Gasteiger partial charge is 0.409 e. The Hall–Kier alpha value is -2.15. The molecule has 23 heavy (non-hydrogen) atoms. The number of piperazine rings is 1. The van der Waals surface area contributed by atoms with Gasteiger partial charge in [-0.2, -0.15) is 0 Å². The Morgan fingerprint density at radius 2 is 1.61 bits per heavy atom. The summed E-state index contributed by atoms with van der Waals surface area (Å²) in [6.07, 6.45) is -0.380. The van der Waals surface area contributed by atoms with Crippen LogP contribution in [0.4, 0.5) is 4.79 Å². The van der Waals surface area contributed by atoms with E-state index in [-0.39, 0.29) is 12.0 Å². The van der Waals surface area contributed by atoms with Crippen molar-refractivity contribution in [2.75, 3.05) is 46.5 Å². The summed E-state index contributed by atoms with van der Waals surface area (Å²) in [5.74, 6) is 0.891. The van der Waals surface area contributed by atoms with Gasteiger partial charge in [-0.05, 0) is 6.07 Å². The minimum Gasteiger partial charge on any atom is -0.486 e. The number of halogens is 1. The van der Waals surface area contributed by atoms with Crippen LogP contribution in [0.25, 0.3) is 0 Å². The molecular weight excluding hydrogens is 324 g/mol. The molecule has 0 saturated carbocycles. The second-order valence-corrected chi connectivity index (χ2v) is 5.63. The lowest BCUT2D eigenvalue weighted by atomic mass is 10.1. The molecule has 2 amide bonds. The van der Waals surface area contributed by atoms with E-state index in [0.29, 0.717) is 61.5 Å². The van der Waals surface area contributed by atoms with Gasteiger partial charge in [0, 0.05) is 32.2 Å². The summed E-state index contributed by atoms with van der Waals surface area (Å²) >= 11 is 6.21. The van der Waals surface area contributed by atoms with Crippen molar-refractivity contribution in [2.24, 2.45) is 0 Å². The number of fused-ring (bicyclic) bond motifs is 1. The van der Waals surface area contributed by atoms with Crippen LogP contribution in [-0.4, -0.2) is 68.3 Å². The summed E-state index contributed by atoms with van der Waals surface area (Å²) in [7, 11) is 1.34. The van der Waals surface area contributed by atoms with Gasteiger partial charge in [-0.1, -0.05) is 11.6 Å². The van der Waals surface area contributed by atoms with E-state index in [1.807, 2.05) is 0 Å². The van der Waals surface area contributed by atoms with Gasteiger partial charge in [0.1, 0.15) is 13.2 Å². The molecule has 7 nitrogen and oxygen atoms in total. The Kier molecular flexibility index (Phi) is 4.47. The highest BCUT2D eigenvalue weighted by molar-refractivity contribution is 6.34. The molecule has 1 saturated heterocycles. The van der Waals surface area contributed by atoms with Crippen LogP contribution >= 0.6 is 11.6 Å². The Labute approximate surface area is 138 Å². The van der Waals surface area contributed by atoms with Crippen LogP contribution in [0.1, 0.15) is 10.4 Å². The van der Waals surface area contributed by atoms with E-state index in [2.05, 4.69) is 4.74 Å². The lowest BCUT2D eigenvalue weighted by molar-refractivity contribution is 0.0599. The summed E-state index contributed by atoms with van der Waals surface area (Å²) < 4.78 is 15.6. The van der Waals surface area contributed by atoms with Crippen LogP contribution < -0.4 is 9.47 Å². The average Bonchev–Trinajstić information content (AvgIpc) is 2.60. The van der Waals surface area contributed by atoms with Gasteiger partial charge in [0.2, 0.25) is 0 Å². The molecule has 0 N–H and O–H groups in total. The summed E-state index contributed by atoms with van der Waals surface area (Å²) in [6, 6.07) is 3.22. The van der Waals surface area contributed by atoms with E-state index in [1.54, 1.807) is 21.9 Å². The minimum atomic E-state index is -0.380. The van der Waals surface area contributed by atoms with Crippen molar-refractivity contribution in [1.29, 1.82) is 0 Å². The number of amides is 2. The topological polar surface area (TPSA) is 68.3 Å². The third-order valence-electron chi connectivity index (χ3n) is 3.86. The first-order valence-electron chi connectivity index (χ1n) is 7.31. The van der Waals surface area contributed by atoms with E-state index in [1.165, 1.54) is 7.11 Å². The maximum atomic E-state index is 12.7. The van der Waals surface area contributed by atoms with Gasteiger partial charge in [0.15, 0.2) is 11.5 Å². The van der Waals surface area contributed by atoms with E-state index in [9.17, 15) is 9.59 Å². The fraction of sp³-hybridized carbons (Fsp3) is 0.467. The molecular formula is C15H17ClN2O5. The van der Waals surface area contributed by atoms with Crippen molar-refractivity contribution < 1.29 is 23.8 Å². The van der Waals surface area contributed by atoms with Crippen LogP contribution in [-0.2, 0) is 4.74 Å². The standard InChI is InChI=1S/C15H17ClN2O5/c1-21-15(20)18-4-2-17(3-5-18)14(19)10-8-12-13(9-11(10)16)23-7-6-22-12/h8-9H,2-7H2,1H3. The fourth-order valence-corrected chi connectivity index (χ4v) is 2.85. The number of rotatable bonds is 1. The van der Waals surface area contributed by atoms with Gasteiger partial charge >= 0.3 is 6.09 Å². The molecule has 1 aromatic carbocycles. The molecule has 2 heterocycles. The van der Waals surface area contributed by atoms with Gasteiger partial charge in [-0.25, -0.2) is 4.79 Å². The highest BCUT2D eigenvalue weighted by Crippen LogP contribution is 2.35. The molecule has 0 aromatic heterocycles. The summed E-state index contributed by atoms with van der Waals surface area (Å²) in [6.45, 7) is 2.63. The molecule has 2 aliphatic heterocycles. The minimum absolute atomic E-state index is 0.184. The number of benzene rings is 1. The maximum absolute atomic E-state index is 12.7. The molecule has 0 radical (unpaired) electrons. The number of hydrogen-bond acceptors (Lipinski definition) is 5. The molecule has 0 aliphatic carbocycles. The van der Waals surface area contributed by atoms with E-state index in [4.69, 9.17) is 21.1 Å². The van der Waals surface area contributed by atoms with Crippen molar-refractivity contribution in [2.45, 2.75) is 0 Å².